The van der Waals surface area contributed by atoms with Crippen LogP contribution in [0.4, 0.5) is 41.6 Å². The van der Waals surface area contributed by atoms with E-state index in [1.54, 1.807) is 24.4 Å². The van der Waals surface area contributed by atoms with Gasteiger partial charge in [-0.3, -0.25) is 10.6 Å². The number of carbonyl (C=O) groups is 2. The van der Waals surface area contributed by atoms with E-state index >= 15 is 0 Å². The number of urea groups is 2. The summed E-state index contributed by atoms with van der Waals surface area (Å²) in [7, 11) is -1.92. The van der Waals surface area contributed by atoms with Gasteiger partial charge in [0.2, 0.25) is 0 Å². The van der Waals surface area contributed by atoms with Gasteiger partial charge in [-0.05, 0) is 105 Å². The van der Waals surface area contributed by atoms with E-state index in [2.05, 4.69) is 84.9 Å². The van der Waals surface area contributed by atoms with Gasteiger partial charge in [0.1, 0.15) is 46.4 Å². The van der Waals surface area contributed by atoms with E-state index in [4.69, 9.17) is 14.3 Å². The first-order chi connectivity index (χ1) is 28.6. The molecule has 4 aromatic rings. The summed E-state index contributed by atoms with van der Waals surface area (Å²) in [4.78, 5) is 44.9. The Morgan fingerprint density at radius 3 is 1.51 bits per heavy atom. The van der Waals surface area contributed by atoms with Crippen molar-refractivity contribution in [3.8, 4) is 11.5 Å². The van der Waals surface area contributed by atoms with Crippen molar-refractivity contribution in [1.82, 2.24) is 30.6 Å². The largest absolute Gasteiger partial charge is 0.542 e. The van der Waals surface area contributed by atoms with Gasteiger partial charge in [-0.15, -0.1) is 12.4 Å². The van der Waals surface area contributed by atoms with Crippen LogP contribution >= 0.6 is 12.4 Å². The molecule has 0 aromatic carbocycles. The monoisotopic (exact) mass is 884 g/mol. The van der Waals surface area contributed by atoms with E-state index < -0.39 is 8.32 Å². The molecule has 4 aromatic heterocycles. The van der Waals surface area contributed by atoms with Gasteiger partial charge >= 0.3 is 12.1 Å². The van der Waals surface area contributed by atoms with Crippen molar-refractivity contribution in [2.45, 2.75) is 89.5 Å². The lowest BCUT2D eigenvalue weighted by atomic mass is 10.1. The van der Waals surface area contributed by atoms with Gasteiger partial charge < -0.3 is 34.7 Å². The maximum absolute atomic E-state index is 13.0. The second kappa shape index (κ2) is 23.0. The zero-order valence-corrected chi connectivity index (χ0v) is 37.3. The number of anilines is 4. The van der Waals surface area contributed by atoms with E-state index in [0.29, 0.717) is 11.6 Å². The summed E-state index contributed by atoms with van der Waals surface area (Å²) in [6, 6.07) is 12.2. The fourth-order valence-electron chi connectivity index (χ4n) is 6.22. The molecule has 0 atom stereocenters. The maximum atomic E-state index is 13.0. The number of aromatic nitrogens is 4. The van der Waals surface area contributed by atoms with Gasteiger partial charge in [-0.25, -0.2) is 38.3 Å². The number of nitrogens with one attached hydrogen (secondary N) is 4. The number of halogens is 3. The average Bonchev–Trinajstić information content (AvgIpc) is 3.82. The minimum absolute atomic E-state index is 0. The molecule has 3 saturated heterocycles. The first-order valence-electron chi connectivity index (χ1n) is 20.4. The standard InChI is InChI=1S/C22H32FN5O2Si.C16H18FN5O2.C4H8O.ClH/c1-22(2,3)31(4,5)30-18-7-8-19(24-15-18)27-21(29)26-17-10-12-28(13-11-17)20-9-6-16(23)14-25-20;17-11-1-4-15(19-9-11)22-7-5-12(6-8-22)20-16(24)21-14-3-2-13(23)10-18-14;1-2-4-5-3-1;/h6-9,14-15,17H,10-13H2,1-5H3,(H2,24,26,27,29);1-4,9-10,12,23H,5-8H2,(H2,18,20,21,24);1-4H2;1H. The Bertz CT molecular complexity index is 1920. The van der Waals surface area contributed by atoms with Crippen molar-refractivity contribution in [1.29, 1.82) is 0 Å². The third-order valence-electron chi connectivity index (χ3n) is 10.7. The van der Waals surface area contributed by atoms with Crippen molar-refractivity contribution >= 4 is 56.1 Å². The van der Waals surface area contributed by atoms with E-state index in [9.17, 15) is 18.4 Å². The normalized spacial score (nSPS) is 15.8. The van der Waals surface area contributed by atoms with Crippen molar-refractivity contribution in [3.05, 3.63) is 85.0 Å². The Morgan fingerprint density at radius 2 is 1.16 bits per heavy atom. The number of pyridine rings is 4. The molecule has 61 heavy (non-hydrogen) atoms. The molecule has 0 aliphatic carbocycles. The summed E-state index contributed by atoms with van der Waals surface area (Å²) in [5.74, 6) is 2.43. The molecule has 0 radical (unpaired) electrons. The average molecular weight is 886 g/mol. The molecule has 7 rings (SSSR count). The van der Waals surface area contributed by atoms with Crippen LogP contribution in [-0.2, 0) is 4.74 Å². The van der Waals surface area contributed by atoms with E-state index in [-0.39, 0.29) is 59.0 Å². The SMILES string of the molecule is C1CCOC1.CC(C)(C)[Si](C)(C)Oc1ccc(NC(=O)NC2CCN(c3ccc(F)cn3)CC2)nc1.Cl.O=C(Nc1ccc(O)cn1)NC1CCN(c2ccc(F)cn2)CC1. The van der Waals surface area contributed by atoms with Gasteiger partial charge in [-0.2, -0.15) is 0 Å². The number of rotatable bonds is 8. The maximum Gasteiger partial charge on any atom is 0.320 e. The molecule has 3 fully saturated rings. The van der Waals surface area contributed by atoms with Crippen molar-refractivity contribution in [2.24, 2.45) is 0 Å². The number of nitrogens with zero attached hydrogens (tertiary/aromatic N) is 6. The lowest BCUT2D eigenvalue weighted by molar-refractivity contribution is 0.198. The molecule has 3 aliphatic rings. The van der Waals surface area contributed by atoms with Crippen LogP contribution in [0.5, 0.6) is 11.5 Å². The molecule has 7 heterocycles. The first kappa shape index (κ1) is 48.3. The van der Waals surface area contributed by atoms with Crippen LogP contribution in [0.3, 0.4) is 0 Å². The Hall–Kier alpha value is -5.33. The Balaban J connectivity index is 0.000000242. The molecule has 4 amide bonds. The zero-order chi connectivity index (χ0) is 43.1. The minimum atomic E-state index is -1.92. The van der Waals surface area contributed by atoms with Gasteiger partial charge in [0.05, 0.1) is 24.8 Å². The molecule has 5 N–H and O–H groups in total. The lowest BCUT2D eigenvalue weighted by Gasteiger charge is -2.36. The van der Waals surface area contributed by atoms with E-state index in [0.717, 1.165) is 82.5 Å². The fraction of sp³-hybridized carbons (Fsp3) is 0.476. The Morgan fingerprint density at radius 1 is 0.705 bits per heavy atom. The molecule has 3 aliphatic heterocycles. The summed E-state index contributed by atoms with van der Waals surface area (Å²) in [5, 5.41) is 20.6. The molecule has 15 nitrogen and oxygen atoms in total. The van der Waals surface area contributed by atoms with Crippen LogP contribution in [0.15, 0.2) is 73.3 Å². The van der Waals surface area contributed by atoms with Crippen LogP contribution in [0.2, 0.25) is 18.1 Å². The molecule has 19 heteroatoms. The predicted octanol–water partition coefficient (Wildman–Crippen LogP) is 8.12. The number of amides is 4. The summed E-state index contributed by atoms with van der Waals surface area (Å²) in [6.45, 7) is 15.9. The summed E-state index contributed by atoms with van der Waals surface area (Å²) < 4.78 is 37.1. The number of carbonyl (C=O) groups excluding carboxylic acids is 2. The second-order valence-corrected chi connectivity index (χ2v) is 21.1. The molecule has 0 bridgehead atoms. The summed E-state index contributed by atoms with van der Waals surface area (Å²) in [6.07, 6.45) is 11.0. The third kappa shape index (κ3) is 15.9. The predicted molar refractivity (Wildman–Crippen MR) is 238 cm³/mol. The van der Waals surface area contributed by atoms with E-state index in [1.807, 2.05) is 6.07 Å². The van der Waals surface area contributed by atoms with Gasteiger partial charge in [0.15, 0.2) is 0 Å². The van der Waals surface area contributed by atoms with Crippen molar-refractivity contribution < 1.29 is 32.6 Å². The second-order valence-electron chi connectivity index (χ2n) is 16.4. The fourth-order valence-corrected chi connectivity index (χ4v) is 7.24. The Labute approximate surface area is 364 Å². The zero-order valence-electron chi connectivity index (χ0n) is 35.5. The highest BCUT2D eigenvalue weighted by Crippen LogP contribution is 2.37. The van der Waals surface area contributed by atoms with Gasteiger partial charge in [0.25, 0.3) is 8.32 Å². The molecule has 0 saturated carbocycles. The van der Waals surface area contributed by atoms with E-state index in [1.165, 1.54) is 55.7 Å². The molecule has 0 unspecified atom stereocenters. The molecule has 0 spiro atoms. The number of ether oxygens (including phenoxy) is 1. The van der Waals surface area contributed by atoms with Crippen molar-refractivity contribution in [2.75, 3.05) is 59.8 Å². The highest BCUT2D eigenvalue weighted by molar-refractivity contribution is 6.74. The molecular formula is C42H59ClF2N10O5Si. The highest BCUT2D eigenvalue weighted by Gasteiger charge is 2.39. The van der Waals surface area contributed by atoms with Gasteiger partial charge in [-0.1, -0.05) is 20.8 Å². The number of aromatic hydroxyl groups is 1. The van der Waals surface area contributed by atoms with Crippen LogP contribution < -0.4 is 35.5 Å². The van der Waals surface area contributed by atoms with Crippen LogP contribution in [-0.4, -0.2) is 96.9 Å². The van der Waals surface area contributed by atoms with Crippen LogP contribution in [0, 0.1) is 11.6 Å². The first-order valence-corrected chi connectivity index (χ1v) is 23.3. The van der Waals surface area contributed by atoms with Gasteiger partial charge in [0, 0.05) is 51.5 Å². The minimum Gasteiger partial charge on any atom is -0.542 e. The van der Waals surface area contributed by atoms with Crippen molar-refractivity contribution in [3.63, 3.8) is 0 Å². The molecule has 332 valence electrons. The third-order valence-corrected chi connectivity index (χ3v) is 15.1. The topological polar surface area (TPSA) is 179 Å². The Kier molecular flexibility index (Phi) is 18.3. The smallest absolute Gasteiger partial charge is 0.320 e. The summed E-state index contributed by atoms with van der Waals surface area (Å²) in [5.41, 5.74) is 0. The lowest BCUT2D eigenvalue weighted by Crippen LogP contribution is -2.46. The molecular weight excluding hydrogens is 826 g/mol. The van der Waals surface area contributed by atoms with Crippen LogP contribution in [0.1, 0.15) is 59.3 Å². The number of hydrogen-bond acceptors (Lipinski definition) is 11. The van der Waals surface area contributed by atoms with Crippen LogP contribution in [0.25, 0.3) is 0 Å². The number of piperidine rings is 2. The quantitative estimate of drug-likeness (QED) is 0.108. The summed E-state index contributed by atoms with van der Waals surface area (Å²) >= 11 is 0. The number of hydrogen-bond donors (Lipinski definition) is 5. The highest BCUT2D eigenvalue weighted by atomic mass is 35.5.